The van der Waals surface area contributed by atoms with E-state index >= 15 is 0 Å². The van der Waals surface area contributed by atoms with Crippen molar-refractivity contribution in [2.45, 2.75) is 76.7 Å². The number of ether oxygens (including phenoxy) is 7. The molecule has 2 amide bonds. The van der Waals surface area contributed by atoms with Crippen LogP contribution in [0.5, 0.6) is 0 Å². The Morgan fingerprint density at radius 1 is 0.700 bits per heavy atom. The van der Waals surface area contributed by atoms with Gasteiger partial charge in [-0.05, 0) is 22.3 Å². The maximum absolute atomic E-state index is 13.3. The molecule has 50 heavy (non-hydrogen) atoms. The van der Waals surface area contributed by atoms with Crippen LogP contribution < -0.4 is 10.6 Å². The molecule has 268 valence electrons. The van der Waals surface area contributed by atoms with Gasteiger partial charge in [-0.25, -0.2) is 9.59 Å². The zero-order chi connectivity index (χ0) is 36.5. The predicted molar refractivity (Wildman–Crippen MR) is 169 cm³/mol. The molecule has 1 aliphatic carbocycles. The summed E-state index contributed by atoms with van der Waals surface area (Å²) in [5, 5.41) is 4.79. The predicted octanol–water partition coefficient (Wildman–Crippen LogP) is 1.66. The first-order valence-electron chi connectivity index (χ1n) is 15.6. The number of hydrogen-bond acceptors (Lipinski definition) is 14. The summed E-state index contributed by atoms with van der Waals surface area (Å²) in [7, 11) is 1.06. The molecule has 3 unspecified atom stereocenters. The van der Waals surface area contributed by atoms with Crippen molar-refractivity contribution in [3.05, 3.63) is 59.7 Å². The first-order chi connectivity index (χ1) is 23.8. The SMILES string of the molecule is COC(=O)C(CC(=O)N[C@@H]1OC(COC(C)=O)[C@@H](OC(C)=O)[C@H](OC(C)=O)C1OC(C)=O)NC(=O)OCC1c2ccccc2-c2ccccc21. The van der Waals surface area contributed by atoms with E-state index in [2.05, 4.69) is 10.6 Å². The third-order valence-corrected chi connectivity index (χ3v) is 7.81. The van der Waals surface area contributed by atoms with E-state index < -0.39 is 91.6 Å². The molecule has 0 saturated carbocycles. The minimum atomic E-state index is -1.59. The van der Waals surface area contributed by atoms with Crippen LogP contribution in [0.3, 0.4) is 0 Å². The summed E-state index contributed by atoms with van der Waals surface area (Å²) in [5.41, 5.74) is 3.97. The molecule has 2 N–H and O–H groups in total. The van der Waals surface area contributed by atoms with Crippen molar-refractivity contribution in [3.8, 4) is 11.1 Å². The van der Waals surface area contributed by atoms with Crippen LogP contribution in [0, 0.1) is 0 Å². The maximum Gasteiger partial charge on any atom is 0.407 e. The molecule has 16 nitrogen and oxygen atoms in total. The Balaban J connectivity index is 1.49. The fourth-order valence-electron chi connectivity index (χ4n) is 5.87. The number of rotatable bonds is 12. The van der Waals surface area contributed by atoms with Gasteiger partial charge in [0, 0.05) is 33.6 Å². The summed E-state index contributed by atoms with van der Waals surface area (Å²) in [6.45, 7) is 3.70. The smallest absolute Gasteiger partial charge is 0.407 e. The van der Waals surface area contributed by atoms with Gasteiger partial charge in [-0.3, -0.25) is 24.0 Å². The number of carbonyl (C=O) groups is 7. The molecule has 2 aliphatic rings. The Hall–Kier alpha value is -5.51. The molecule has 4 rings (SSSR count). The summed E-state index contributed by atoms with van der Waals surface area (Å²) in [6, 6.07) is 13.9. The van der Waals surface area contributed by atoms with E-state index in [0.717, 1.165) is 57.1 Å². The summed E-state index contributed by atoms with van der Waals surface area (Å²) >= 11 is 0. The van der Waals surface area contributed by atoms with Gasteiger partial charge < -0.3 is 43.8 Å². The number of fused-ring (bicyclic) bond motifs is 3. The molecule has 2 aromatic carbocycles. The quantitative estimate of drug-likeness (QED) is 0.239. The van der Waals surface area contributed by atoms with Crippen LogP contribution in [0.4, 0.5) is 4.79 Å². The molecule has 0 aromatic heterocycles. The van der Waals surface area contributed by atoms with Crippen molar-refractivity contribution in [2.24, 2.45) is 0 Å². The lowest BCUT2D eigenvalue weighted by atomic mass is 9.97. The number of nitrogens with one attached hydrogen (secondary N) is 2. The summed E-state index contributed by atoms with van der Waals surface area (Å²) in [4.78, 5) is 86.7. The van der Waals surface area contributed by atoms with Gasteiger partial charge in [0.2, 0.25) is 5.91 Å². The fourth-order valence-corrected chi connectivity index (χ4v) is 5.87. The van der Waals surface area contributed by atoms with E-state index in [1.807, 2.05) is 48.5 Å². The monoisotopic (exact) mass is 698 g/mol. The number of methoxy groups -OCH3 is 1. The van der Waals surface area contributed by atoms with Crippen LogP contribution >= 0.6 is 0 Å². The van der Waals surface area contributed by atoms with Gasteiger partial charge in [0.25, 0.3) is 0 Å². The molecule has 1 aliphatic heterocycles. The highest BCUT2D eigenvalue weighted by molar-refractivity contribution is 5.88. The van der Waals surface area contributed by atoms with Crippen molar-refractivity contribution < 1.29 is 66.7 Å². The molecule has 2 aromatic rings. The van der Waals surface area contributed by atoms with E-state index in [1.54, 1.807) is 0 Å². The lowest BCUT2D eigenvalue weighted by Gasteiger charge is -2.44. The van der Waals surface area contributed by atoms with Crippen LogP contribution in [0.15, 0.2) is 48.5 Å². The normalized spacial score (nSPS) is 21.3. The Labute approximate surface area is 287 Å². The molecule has 0 spiro atoms. The lowest BCUT2D eigenvalue weighted by molar-refractivity contribution is -0.257. The van der Waals surface area contributed by atoms with Gasteiger partial charge in [-0.15, -0.1) is 0 Å². The molecular weight excluding hydrogens is 660 g/mol. The molecule has 16 heteroatoms. The first kappa shape index (κ1) is 37.3. The average Bonchev–Trinajstić information content (AvgIpc) is 3.37. The molecular formula is C34H38N2O14. The topological polar surface area (TPSA) is 208 Å². The molecule has 0 bridgehead atoms. The van der Waals surface area contributed by atoms with Crippen molar-refractivity contribution in [3.63, 3.8) is 0 Å². The fraction of sp³-hybridized carbons (Fsp3) is 0.441. The number of esters is 5. The molecule has 0 radical (unpaired) electrons. The van der Waals surface area contributed by atoms with E-state index in [-0.39, 0.29) is 12.5 Å². The second-order valence-electron chi connectivity index (χ2n) is 11.4. The van der Waals surface area contributed by atoms with Crippen molar-refractivity contribution in [1.29, 1.82) is 0 Å². The zero-order valence-corrected chi connectivity index (χ0v) is 28.0. The van der Waals surface area contributed by atoms with Gasteiger partial charge >= 0.3 is 35.9 Å². The summed E-state index contributed by atoms with van der Waals surface area (Å²) in [5.74, 6) is -5.44. The van der Waals surface area contributed by atoms with Crippen LogP contribution in [0.1, 0.15) is 51.2 Å². The van der Waals surface area contributed by atoms with Gasteiger partial charge in [0.15, 0.2) is 24.5 Å². The highest BCUT2D eigenvalue weighted by Gasteiger charge is 2.52. The maximum atomic E-state index is 13.3. The molecule has 1 heterocycles. The average molecular weight is 699 g/mol. The van der Waals surface area contributed by atoms with Crippen molar-refractivity contribution >= 4 is 41.8 Å². The second-order valence-corrected chi connectivity index (χ2v) is 11.4. The number of benzene rings is 2. The largest absolute Gasteiger partial charge is 0.467 e. The molecule has 6 atom stereocenters. The molecule has 1 saturated heterocycles. The number of carbonyl (C=O) groups excluding carboxylic acids is 7. The first-order valence-corrected chi connectivity index (χ1v) is 15.6. The highest BCUT2D eigenvalue weighted by Crippen LogP contribution is 2.44. The Morgan fingerprint density at radius 3 is 1.78 bits per heavy atom. The van der Waals surface area contributed by atoms with Crippen molar-refractivity contribution in [2.75, 3.05) is 20.3 Å². The third kappa shape index (κ3) is 9.34. The van der Waals surface area contributed by atoms with E-state index in [9.17, 15) is 33.6 Å². The summed E-state index contributed by atoms with van der Waals surface area (Å²) < 4.78 is 37.2. The van der Waals surface area contributed by atoms with E-state index in [1.165, 1.54) is 0 Å². The summed E-state index contributed by atoms with van der Waals surface area (Å²) in [6.07, 6.45) is -9.16. The van der Waals surface area contributed by atoms with Gasteiger partial charge in [-0.2, -0.15) is 0 Å². The number of alkyl carbamates (subject to hydrolysis) is 1. The Bertz CT molecular complexity index is 1580. The number of hydrogen-bond donors (Lipinski definition) is 2. The third-order valence-electron chi connectivity index (χ3n) is 7.81. The van der Waals surface area contributed by atoms with Crippen LogP contribution in [0.25, 0.3) is 11.1 Å². The Kier molecular flexibility index (Phi) is 12.5. The standard InChI is InChI=1S/C34H38N2O14/c1-17(37)45-16-27-29(47-18(2)38)30(48-19(3)39)31(49-20(4)40)32(50-27)36-28(41)14-26(33(42)44-5)35-34(43)46-15-25-23-12-8-6-10-21(23)22-11-7-9-13-24(22)25/h6-13,25-27,29-32H,14-16H2,1-5H3,(H,35,43)(H,36,41)/t26?,27?,29-,30+,31?,32-/m1/s1. The Morgan fingerprint density at radius 2 is 1.24 bits per heavy atom. The van der Waals surface area contributed by atoms with E-state index in [0.29, 0.717) is 0 Å². The van der Waals surface area contributed by atoms with Crippen molar-refractivity contribution in [1.82, 2.24) is 10.6 Å². The highest BCUT2D eigenvalue weighted by atomic mass is 16.7. The van der Waals surface area contributed by atoms with Gasteiger partial charge in [0.1, 0.15) is 25.4 Å². The van der Waals surface area contributed by atoms with Crippen LogP contribution in [-0.4, -0.2) is 98.9 Å². The van der Waals surface area contributed by atoms with Gasteiger partial charge in [-0.1, -0.05) is 48.5 Å². The lowest BCUT2D eigenvalue weighted by Crippen LogP contribution is -2.66. The van der Waals surface area contributed by atoms with Gasteiger partial charge in [0.05, 0.1) is 13.5 Å². The number of amides is 2. The van der Waals surface area contributed by atoms with Crippen LogP contribution in [0.2, 0.25) is 0 Å². The minimum Gasteiger partial charge on any atom is -0.467 e. The minimum absolute atomic E-state index is 0.0648. The van der Waals surface area contributed by atoms with E-state index in [4.69, 9.17) is 33.2 Å². The second kappa shape index (κ2) is 16.7. The zero-order valence-electron chi connectivity index (χ0n) is 28.0. The molecule has 1 fully saturated rings. The van der Waals surface area contributed by atoms with Crippen LogP contribution in [-0.2, 0) is 61.9 Å².